The number of amides is 1. The van der Waals surface area contributed by atoms with Crippen molar-refractivity contribution < 1.29 is 9.53 Å². The Morgan fingerprint density at radius 1 is 1.24 bits per heavy atom. The first-order valence-electron chi connectivity index (χ1n) is 14.5. The minimum atomic E-state index is -0.738. The molecule has 15 heteroatoms. The number of benzene rings is 1. The van der Waals surface area contributed by atoms with Gasteiger partial charge in [0.2, 0.25) is 0 Å². The number of ether oxygens (including phenoxy) is 1. The normalized spacial score (nSPS) is 15.1. The molecule has 234 valence electrons. The number of nitrogens with zero attached hydrogens (tertiary/aromatic N) is 9. The summed E-state index contributed by atoms with van der Waals surface area (Å²) in [5.74, 6) is 5.52. The maximum absolute atomic E-state index is 13.2. The van der Waals surface area contributed by atoms with Crippen LogP contribution in [0.15, 0.2) is 57.7 Å². The number of nitrogens with one attached hydrogen (secondary N) is 2. The number of hydrogen-bond donors (Lipinski definition) is 3. The van der Waals surface area contributed by atoms with Gasteiger partial charge in [0.05, 0.1) is 49.0 Å². The lowest BCUT2D eigenvalue weighted by Gasteiger charge is -2.41. The Bertz CT molecular complexity index is 1800. The topological polar surface area (TPSA) is 197 Å². The van der Waals surface area contributed by atoms with Crippen LogP contribution in [0.2, 0.25) is 0 Å². The number of nitrogens with two attached hydrogens (primary N) is 1. The number of aromatic nitrogens is 6. The maximum atomic E-state index is 13.2. The van der Waals surface area contributed by atoms with Crippen molar-refractivity contribution in [2.75, 3.05) is 18.4 Å². The number of aromatic amines is 1. The summed E-state index contributed by atoms with van der Waals surface area (Å²) in [6, 6.07) is 9.98. The van der Waals surface area contributed by atoms with Gasteiger partial charge in [0.25, 0.3) is 5.56 Å². The van der Waals surface area contributed by atoms with E-state index in [2.05, 4.69) is 36.8 Å². The van der Waals surface area contributed by atoms with E-state index in [0.29, 0.717) is 61.4 Å². The second-order valence-corrected chi connectivity index (χ2v) is 11.9. The van der Waals surface area contributed by atoms with E-state index in [1.807, 2.05) is 39.0 Å². The molecule has 45 heavy (non-hydrogen) atoms. The largest absolute Gasteiger partial charge is 0.444 e. The fourth-order valence-electron chi connectivity index (χ4n) is 5.47. The van der Waals surface area contributed by atoms with Gasteiger partial charge in [-0.1, -0.05) is 11.3 Å². The summed E-state index contributed by atoms with van der Waals surface area (Å²) in [6.45, 7) is 7.07. The molecule has 1 fully saturated rings. The van der Waals surface area contributed by atoms with Gasteiger partial charge in [-0.15, -0.1) is 5.10 Å². The Balaban J connectivity index is 1.50. The molecule has 0 aliphatic carbocycles. The zero-order chi connectivity index (χ0) is 32.0. The molecule has 4 N–H and O–H groups in total. The number of nitriles is 1. The number of hydrogen-bond acceptors (Lipinski definition) is 11. The van der Waals surface area contributed by atoms with Crippen LogP contribution in [0.25, 0.3) is 10.9 Å². The molecule has 0 bridgehead atoms. The molecule has 1 amide bonds. The fourth-order valence-corrected chi connectivity index (χ4v) is 5.47. The fraction of sp³-hybridized carbons (Fsp3) is 0.400. The Morgan fingerprint density at radius 2 is 2.02 bits per heavy atom. The predicted molar refractivity (Wildman–Crippen MR) is 169 cm³/mol. The number of anilines is 2. The Kier molecular flexibility index (Phi) is 8.93. The highest BCUT2D eigenvalue weighted by atomic mass is 16.6. The van der Waals surface area contributed by atoms with Gasteiger partial charge in [-0.3, -0.25) is 14.5 Å². The molecule has 1 aromatic carbocycles. The van der Waals surface area contributed by atoms with E-state index in [-0.39, 0.29) is 12.0 Å². The molecule has 4 heterocycles. The van der Waals surface area contributed by atoms with Crippen molar-refractivity contribution in [2.24, 2.45) is 15.9 Å². The van der Waals surface area contributed by atoms with Crippen LogP contribution >= 0.6 is 0 Å². The van der Waals surface area contributed by atoms with E-state index in [9.17, 15) is 14.9 Å². The van der Waals surface area contributed by atoms with Crippen LogP contribution in [-0.4, -0.2) is 71.9 Å². The highest BCUT2D eigenvalue weighted by molar-refractivity contribution is 6.15. The van der Waals surface area contributed by atoms with E-state index >= 15 is 0 Å². The predicted octanol–water partition coefficient (Wildman–Crippen LogP) is 3.26. The maximum Gasteiger partial charge on any atom is 0.410 e. The lowest BCUT2D eigenvalue weighted by Crippen LogP contribution is -2.49. The summed E-state index contributed by atoms with van der Waals surface area (Å²) in [5, 5.41) is 29.9. The second kappa shape index (κ2) is 13.0. The molecular weight excluding hydrogens is 576 g/mol. The van der Waals surface area contributed by atoms with Gasteiger partial charge in [-0.05, 0) is 62.9 Å². The molecule has 0 saturated carbocycles. The first-order chi connectivity index (χ1) is 21.6. The summed E-state index contributed by atoms with van der Waals surface area (Å²) in [7, 11) is 0. The summed E-state index contributed by atoms with van der Waals surface area (Å²) in [6.07, 6.45) is 8.56. The second-order valence-electron chi connectivity index (χ2n) is 11.9. The molecule has 1 aliphatic heterocycles. The van der Waals surface area contributed by atoms with Crippen molar-refractivity contribution in [3.63, 3.8) is 0 Å². The highest BCUT2D eigenvalue weighted by Gasteiger charge is 2.41. The third-order valence-electron chi connectivity index (χ3n) is 7.47. The number of aliphatic imine (C=N–C) groups is 1. The third-order valence-corrected chi connectivity index (χ3v) is 7.47. The zero-order valence-corrected chi connectivity index (χ0v) is 25.5. The first-order valence-corrected chi connectivity index (χ1v) is 14.5. The van der Waals surface area contributed by atoms with Gasteiger partial charge in [0.1, 0.15) is 11.0 Å². The highest BCUT2D eigenvalue weighted by Crippen LogP contribution is 2.38. The van der Waals surface area contributed by atoms with Gasteiger partial charge in [-0.2, -0.15) is 15.5 Å². The summed E-state index contributed by atoms with van der Waals surface area (Å²) < 4.78 is 9.06. The van der Waals surface area contributed by atoms with Crippen LogP contribution in [0.5, 0.6) is 0 Å². The van der Waals surface area contributed by atoms with E-state index in [1.54, 1.807) is 38.9 Å². The number of pyridine rings is 1. The summed E-state index contributed by atoms with van der Waals surface area (Å²) in [5.41, 5.74) is 1.43. The van der Waals surface area contributed by atoms with Crippen LogP contribution in [0.1, 0.15) is 51.2 Å². The number of likely N-dealkylation sites (tertiary alicyclic amines) is 1. The van der Waals surface area contributed by atoms with Crippen LogP contribution < -0.4 is 16.7 Å². The number of carbonyl (C=O) groups is 1. The van der Waals surface area contributed by atoms with Crippen molar-refractivity contribution in [1.82, 2.24) is 34.7 Å². The van der Waals surface area contributed by atoms with Gasteiger partial charge < -0.3 is 25.8 Å². The SMILES string of the molecule is CC(C)(C)OC(=O)N1CCC(CC#N)(n2nc(Nc3cc(CN=CC=NN)cc(Cn4ccnn4)c3)c3c(=O)[nH]ccc32)CC1. The molecule has 15 nitrogen and oxygen atoms in total. The smallest absolute Gasteiger partial charge is 0.410 e. The monoisotopic (exact) mass is 612 g/mol. The number of hydrazone groups is 1. The molecule has 0 atom stereocenters. The summed E-state index contributed by atoms with van der Waals surface area (Å²) >= 11 is 0. The first kappa shape index (κ1) is 30.9. The average molecular weight is 613 g/mol. The van der Waals surface area contributed by atoms with Crippen LogP contribution in [0.4, 0.5) is 16.3 Å². The minimum Gasteiger partial charge on any atom is -0.444 e. The quantitative estimate of drug-likeness (QED) is 0.144. The van der Waals surface area contributed by atoms with Crippen LogP contribution in [0.3, 0.4) is 0 Å². The molecule has 3 aromatic heterocycles. The lowest BCUT2D eigenvalue weighted by molar-refractivity contribution is 0.0110. The molecular formula is C30H36N12O3. The minimum absolute atomic E-state index is 0.153. The van der Waals surface area contributed by atoms with Gasteiger partial charge in [-0.25, -0.2) is 9.48 Å². The van der Waals surface area contributed by atoms with Crippen molar-refractivity contribution >= 4 is 40.9 Å². The molecule has 0 unspecified atom stereocenters. The number of piperidine rings is 1. The molecule has 1 saturated heterocycles. The molecule has 0 spiro atoms. The zero-order valence-electron chi connectivity index (χ0n) is 25.5. The van der Waals surface area contributed by atoms with Crippen molar-refractivity contribution in [3.8, 4) is 6.07 Å². The lowest BCUT2D eigenvalue weighted by atomic mass is 9.85. The van der Waals surface area contributed by atoms with Crippen molar-refractivity contribution in [1.29, 1.82) is 5.26 Å². The van der Waals surface area contributed by atoms with Gasteiger partial charge >= 0.3 is 6.09 Å². The Hall–Kier alpha value is -5.52. The average Bonchev–Trinajstić information content (AvgIpc) is 3.64. The number of carbonyl (C=O) groups excluding carboxylic acids is 1. The number of rotatable bonds is 9. The molecule has 5 rings (SSSR count). The van der Waals surface area contributed by atoms with E-state index in [0.717, 1.165) is 11.1 Å². The number of fused-ring (bicyclic) bond motifs is 1. The standard InChI is InChI=1S/C30H36N12O3/c1-29(2,3)45-28(44)40-13-6-30(5-8-31,7-14-40)42-24-4-9-34-27(43)25(24)26(38-42)37-23-17-21(19-33-10-11-35-32)16-22(18-23)20-41-15-12-36-39-41/h4,9-12,15-18H,5-7,13-14,19-20,32H2,1-3H3,(H,34,43)(H,37,38). The van der Waals surface area contributed by atoms with Crippen molar-refractivity contribution in [2.45, 2.75) is 64.3 Å². The number of H-pyrrole nitrogens is 1. The Morgan fingerprint density at radius 3 is 2.71 bits per heavy atom. The molecule has 1 aliphatic rings. The van der Waals surface area contributed by atoms with Crippen LogP contribution in [0, 0.1) is 11.3 Å². The van der Waals surface area contributed by atoms with Gasteiger partial charge in [0.15, 0.2) is 5.82 Å². The molecule has 0 radical (unpaired) electrons. The van der Waals surface area contributed by atoms with Gasteiger partial charge in [0, 0.05) is 37.4 Å². The van der Waals surface area contributed by atoms with E-state index in [4.69, 9.17) is 15.7 Å². The molecule has 4 aromatic rings. The van der Waals surface area contributed by atoms with Crippen molar-refractivity contribution in [3.05, 3.63) is 64.3 Å². The third kappa shape index (κ3) is 7.18. The van der Waals surface area contributed by atoms with E-state index < -0.39 is 17.2 Å². The Labute approximate surface area is 259 Å². The summed E-state index contributed by atoms with van der Waals surface area (Å²) in [4.78, 5) is 34.8. The van der Waals surface area contributed by atoms with Crippen LogP contribution in [-0.2, 0) is 23.4 Å². The van der Waals surface area contributed by atoms with E-state index in [1.165, 1.54) is 12.4 Å².